The third kappa shape index (κ3) is 4.84. The number of carbonyl (C=O) groups is 1. The molecule has 7 nitrogen and oxygen atoms in total. The second-order valence-corrected chi connectivity index (χ2v) is 9.25. The van der Waals surface area contributed by atoms with Crippen LogP contribution in [-0.4, -0.2) is 47.1 Å². The first-order valence-corrected chi connectivity index (χ1v) is 12.3. The Kier molecular flexibility index (Phi) is 6.63. The van der Waals surface area contributed by atoms with E-state index in [0.29, 0.717) is 30.5 Å². The van der Waals surface area contributed by atoms with Gasteiger partial charge in [-0.15, -0.1) is 0 Å². The monoisotopic (exact) mass is 474 g/mol. The van der Waals surface area contributed by atoms with Crippen molar-refractivity contribution in [3.05, 3.63) is 71.0 Å². The number of likely N-dealkylation sites (tertiary alicyclic amines) is 1. The van der Waals surface area contributed by atoms with Crippen molar-refractivity contribution in [2.24, 2.45) is 0 Å². The second kappa shape index (κ2) is 10.00. The summed E-state index contributed by atoms with van der Waals surface area (Å²) in [5, 5.41) is 6.37. The number of anilines is 2. The lowest BCUT2D eigenvalue weighted by Crippen LogP contribution is -2.46. The Bertz CT molecular complexity index is 1210. The quantitative estimate of drug-likeness (QED) is 0.510. The third-order valence-electron chi connectivity index (χ3n) is 6.87. The lowest BCUT2D eigenvalue weighted by atomic mass is 9.99. The van der Waals surface area contributed by atoms with Crippen LogP contribution in [0.3, 0.4) is 0 Å². The fourth-order valence-electron chi connectivity index (χ4n) is 4.95. The number of amides is 2. The summed E-state index contributed by atoms with van der Waals surface area (Å²) >= 11 is 0. The van der Waals surface area contributed by atoms with Gasteiger partial charge in [-0.2, -0.15) is 4.98 Å². The molecule has 0 spiro atoms. The van der Waals surface area contributed by atoms with Gasteiger partial charge in [0, 0.05) is 24.2 Å². The number of nitrogens with zero attached hydrogens (tertiary/aromatic N) is 4. The van der Waals surface area contributed by atoms with Crippen molar-refractivity contribution in [1.82, 2.24) is 20.2 Å². The van der Waals surface area contributed by atoms with Crippen LogP contribution in [0.4, 0.5) is 21.0 Å². The minimum Gasteiger partial charge on any atom is -0.353 e. The van der Waals surface area contributed by atoms with Crippen LogP contribution in [0.5, 0.6) is 0 Å². The molecule has 0 aliphatic carbocycles. The van der Waals surface area contributed by atoms with Crippen molar-refractivity contribution >= 4 is 17.8 Å². The first kappa shape index (κ1) is 23.2. The smallest absolute Gasteiger partial charge is 0.323 e. The summed E-state index contributed by atoms with van der Waals surface area (Å²) < 4.78 is 13.9. The molecule has 35 heavy (non-hydrogen) atoms. The van der Waals surface area contributed by atoms with E-state index in [4.69, 9.17) is 9.97 Å². The Morgan fingerprint density at radius 2 is 1.89 bits per heavy atom. The van der Waals surface area contributed by atoms with Crippen LogP contribution in [0.1, 0.15) is 42.5 Å². The Hall–Kier alpha value is -3.52. The number of hydrogen-bond acceptors (Lipinski definition) is 5. The van der Waals surface area contributed by atoms with Gasteiger partial charge >= 0.3 is 6.03 Å². The number of carbonyl (C=O) groups excluding carboxylic acids is 1. The standard InChI is InChI=1S/C27H31FN6O/c1-18-16-21(28)10-11-22(18)24-23-17-30-27(35)34(19(2)20-8-4-3-5-9-20)25(23)32-26(31-24)29-12-15-33-13-6-7-14-33/h3-5,8-11,16,19H,6-7,12-15,17H2,1-2H3,(H,30,35)(H,29,31,32)/t19-/m0/s1. The van der Waals surface area contributed by atoms with E-state index in [9.17, 15) is 9.18 Å². The highest BCUT2D eigenvalue weighted by atomic mass is 19.1. The second-order valence-electron chi connectivity index (χ2n) is 9.25. The summed E-state index contributed by atoms with van der Waals surface area (Å²) in [4.78, 5) is 26.9. The number of fused-ring (bicyclic) bond motifs is 1. The molecule has 1 fully saturated rings. The van der Waals surface area contributed by atoms with Crippen molar-refractivity contribution in [3.8, 4) is 11.3 Å². The number of aromatic nitrogens is 2. The van der Waals surface area contributed by atoms with Crippen LogP contribution in [0, 0.1) is 12.7 Å². The molecular formula is C27H31FN6O. The molecular weight excluding hydrogens is 443 g/mol. The van der Waals surface area contributed by atoms with E-state index in [0.717, 1.165) is 41.9 Å². The van der Waals surface area contributed by atoms with Crippen molar-refractivity contribution < 1.29 is 9.18 Å². The minimum absolute atomic E-state index is 0.197. The molecule has 182 valence electrons. The molecule has 2 aromatic carbocycles. The Morgan fingerprint density at radius 3 is 2.63 bits per heavy atom. The van der Waals surface area contributed by atoms with Crippen LogP contribution >= 0.6 is 0 Å². The van der Waals surface area contributed by atoms with E-state index in [2.05, 4.69) is 15.5 Å². The highest BCUT2D eigenvalue weighted by Gasteiger charge is 2.33. The van der Waals surface area contributed by atoms with Crippen LogP contribution in [0.2, 0.25) is 0 Å². The van der Waals surface area contributed by atoms with Crippen molar-refractivity contribution in [3.63, 3.8) is 0 Å². The molecule has 8 heteroatoms. The van der Waals surface area contributed by atoms with E-state index >= 15 is 0 Å². The zero-order valence-electron chi connectivity index (χ0n) is 20.2. The first-order valence-electron chi connectivity index (χ1n) is 12.3. The van der Waals surface area contributed by atoms with Gasteiger partial charge in [-0.3, -0.25) is 4.90 Å². The van der Waals surface area contributed by atoms with E-state index in [1.165, 1.54) is 25.0 Å². The molecule has 1 aromatic heterocycles. The van der Waals surface area contributed by atoms with Crippen LogP contribution < -0.4 is 15.5 Å². The van der Waals surface area contributed by atoms with Crippen LogP contribution in [0.25, 0.3) is 11.3 Å². The first-order chi connectivity index (χ1) is 17.0. The van der Waals surface area contributed by atoms with Gasteiger partial charge in [-0.05, 0) is 69.1 Å². The summed E-state index contributed by atoms with van der Waals surface area (Å²) in [5.74, 6) is 0.773. The van der Waals surface area contributed by atoms with E-state index in [1.807, 2.05) is 44.2 Å². The number of aryl methyl sites for hydroxylation is 1. The van der Waals surface area contributed by atoms with Crippen LogP contribution in [0.15, 0.2) is 48.5 Å². The maximum Gasteiger partial charge on any atom is 0.323 e. The minimum atomic E-state index is -0.286. The summed E-state index contributed by atoms with van der Waals surface area (Å²) in [5.41, 5.74) is 4.16. The molecule has 1 saturated heterocycles. The largest absolute Gasteiger partial charge is 0.353 e. The molecule has 0 radical (unpaired) electrons. The summed E-state index contributed by atoms with van der Waals surface area (Å²) in [6.07, 6.45) is 2.48. The molecule has 1 atom stereocenters. The van der Waals surface area contributed by atoms with Gasteiger partial charge in [0.1, 0.15) is 11.6 Å². The predicted octanol–water partition coefficient (Wildman–Crippen LogP) is 4.89. The third-order valence-corrected chi connectivity index (χ3v) is 6.87. The lowest BCUT2D eigenvalue weighted by Gasteiger charge is -2.35. The maximum atomic E-state index is 13.9. The predicted molar refractivity (Wildman–Crippen MR) is 136 cm³/mol. The fourth-order valence-corrected chi connectivity index (χ4v) is 4.95. The van der Waals surface area contributed by atoms with Crippen molar-refractivity contribution in [1.29, 1.82) is 0 Å². The SMILES string of the molecule is Cc1cc(F)ccc1-c1nc(NCCN2CCCC2)nc2c1CNC(=O)N2[C@@H](C)c1ccccc1. The van der Waals surface area contributed by atoms with Crippen molar-refractivity contribution in [2.75, 3.05) is 36.4 Å². The average Bonchev–Trinajstić information content (AvgIpc) is 3.37. The van der Waals surface area contributed by atoms with Gasteiger partial charge in [0.05, 0.1) is 18.3 Å². The molecule has 2 aliphatic heterocycles. The van der Waals surface area contributed by atoms with E-state index < -0.39 is 0 Å². The average molecular weight is 475 g/mol. The molecule has 5 rings (SSSR count). The molecule has 2 amide bonds. The Morgan fingerprint density at radius 1 is 1.11 bits per heavy atom. The summed E-state index contributed by atoms with van der Waals surface area (Å²) in [6.45, 7) is 8.04. The maximum absolute atomic E-state index is 13.9. The fraction of sp³-hybridized carbons (Fsp3) is 0.370. The number of halogens is 1. The number of urea groups is 1. The number of benzene rings is 2. The number of nitrogens with one attached hydrogen (secondary N) is 2. The zero-order chi connectivity index (χ0) is 24.4. The van der Waals surface area contributed by atoms with Gasteiger partial charge < -0.3 is 15.5 Å². The molecule has 3 heterocycles. The molecule has 0 unspecified atom stereocenters. The van der Waals surface area contributed by atoms with Gasteiger partial charge in [0.25, 0.3) is 0 Å². The zero-order valence-corrected chi connectivity index (χ0v) is 20.2. The number of hydrogen-bond donors (Lipinski definition) is 2. The highest BCUT2D eigenvalue weighted by Crippen LogP contribution is 2.37. The normalized spacial score (nSPS) is 16.7. The van der Waals surface area contributed by atoms with Gasteiger partial charge in [0.2, 0.25) is 5.95 Å². The lowest BCUT2D eigenvalue weighted by molar-refractivity contribution is 0.242. The highest BCUT2D eigenvalue weighted by molar-refractivity contribution is 5.96. The molecule has 3 aromatic rings. The van der Waals surface area contributed by atoms with E-state index in [1.54, 1.807) is 11.0 Å². The summed E-state index contributed by atoms with van der Waals surface area (Å²) in [6, 6.07) is 14.2. The summed E-state index contributed by atoms with van der Waals surface area (Å²) in [7, 11) is 0. The molecule has 0 bridgehead atoms. The Labute approximate surface area is 205 Å². The molecule has 2 aliphatic rings. The van der Waals surface area contributed by atoms with Gasteiger partial charge in [-0.25, -0.2) is 14.2 Å². The molecule has 0 saturated carbocycles. The Balaban J connectivity index is 1.56. The molecule has 2 N–H and O–H groups in total. The van der Waals surface area contributed by atoms with Crippen LogP contribution in [-0.2, 0) is 6.54 Å². The number of rotatable bonds is 7. The van der Waals surface area contributed by atoms with Crippen molar-refractivity contribution in [2.45, 2.75) is 39.3 Å². The van der Waals surface area contributed by atoms with Gasteiger partial charge in [-0.1, -0.05) is 30.3 Å². The van der Waals surface area contributed by atoms with Gasteiger partial charge in [0.15, 0.2) is 0 Å². The topological polar surface area (TPSA) is 73.4 Å². The van der Waals surface area contributed by atoms with E-state index in [-0.39, 0.29) is 17.9 Å².